The van der Waals surface area contributed by atoms with Gasteiger partial charge in [-0.2, -0.15) is 0 Å². The number of pyridine rings is 1. The molecule has 1 rings (SSSR count). The van der Waals surface area contributed by atoms with Crippen LogP contribution in [0.3, 0.4) is 0 Å². The molecule has 0 amide bonds. The summed E-state index contributed by atoms with van der Waals surface area (Å²) in [5.74, 6) is -0.586. The number of hydrogen-bond donors (Lipinski definition) is 4. The van der Waals surface area contributed by atoms with Crippen molar-refractivity contribution in [1.82, 2.24) is 4.98 Å². The third-order valence-corrected chi connectivity index (χ3v) is 1.74. The van der Waals surface area contributed by atoms with E-state index >= 15 is 0 Å². The van der Waals surface area contributed by atoms with Crippen LogP contribution in [0.25, 0.3) is 0 Å². The monoisotopic (exact) mass is 212 g/mol. The van der Waals surface area contributed by atoms with Gasteiger partial charge in [0.05, 0.1) is 18.3 Å². The van der Waals surface area contributed by atoms with Gasteiger partial charge in [-0.15, -0.1) is 0 Å². The van der Waals surface area contributed by atoms with Gasteiger partial charge in [-0.1, -0.05) is 0 Å². The average molecular weight is 212 g/mol. The van der Waals surface area contributed by atoms with Crippen molar-refractivity contribution in [3.8, 4) is 0 Å². The molecule has 0 aliphatic rings. The predicted octanol–water partition coefficient (Wildman–Crippen LogP) is -0.455. The number of aromatic carboxylic acids is 1. The molecule has 0 aliphatic heterocycles. The highest BCUT2D eigenvalue weighted by Gasteiger charge is 2.04. The van der Waals surface area contributed by atoms with E-state index in [1.807, 2.05) is 0 Å². The lowest BCUT2D eigenvalue weighted by atomic mass is 10.3. The van der Waals surface area contributed by atoms with Gasteiger partial charge in [-0.05, 0) is 12.1 Å². The third-order valence-electron chi connectivity index (χ3n) is 1.74. The van der Waals surface area contributed by atoms with E-state index < -0.39 is 12.1 Å². The lowest BCUT2D eigenvalue weighted by molar-refractivity contribution is 0.0696. The van der Waals surface area contributed by atoms with E-state index in [1.165, 1.54) is 18.3 Å². The molecule has 1 aromatic heterocycles. The Labute approximate surface area is 86.2 Å². The molecule has 0 spiro atoms. The van der Waals surface area contributed by atoms with Crippen LogP contribution in [0, 0.1) is 0 Å². The molecule has 1 atom stereocenters. The molecule has 1 unspecified atom stereocenters. The van der Waals surface area contributed by atoms with Gasteiger partial charge >= 0.3 is 5.97 Å². The number of aromatic nitrogens is 1. The van der Waals surface area contributed by atoms with Crippen LogP contribution in [0.2, 0.25) is 0 Å². The van der Waals surface area contributed by atoms with Gasteiger partial charge in [0.15, 0.2) is 0 Å². The quantitative estimate of drug-likeness (QED) is 0.527. The molecule has 1 heterocycles. The Kier molecular flexibility index (Phi) is 4.02. The molecule has 0 fully saturated rings. The Bertz CT molecular complexity index is 325. The van der Waals surface area contributed by atoms with Crippen LogP contribution in [-0.2, 0) is 0 Å². The van der Waals surface area contributed by atoms with Crippen molar-refractivity contribution >= 4 is 11.8 Å². The lowest BCUT2D eigenvalue weighted by Gasteiger charge is -2.09. The number of aliphatic hydroxyl groups excluding tert-OH is 2. The second-order valence-corrected chi connectivity index (χ2v) is 2.95. The van der Waals surface area contributed by atoms with Crippen molar-refractivity contribution in [1.29, 1.82) is 0 Å². The van der Waals surface area contributed by atoms with Crippen molar-refractivity contribution in [3.63, 3.8) is 0 Å². The number of carboxylic acid groups (broad SMARTS) is 1. The maximum Gasteiger partial charge on any atom is 0.337 e. The zero-order valence-corrected chi connectivity index (χ0v) is 7.92. The van der Waals surface area contributed by atoms with E-state index in [2.05, 4.69) is 10.3 Å². The third kappa shape index (κ3) is 3.53. The first-order valence-electron chi connectivity index (χ1n) is 4.35. The number of aliphatic hydroxyl groups is 2. The van der Waals surface area contributed by atoms with E-state index in [4.69, 9.17) is 15.3 Å². The fraction of sp³-hybridized carbons (Fsp3) is 0.333. The second-order valence-electron chi connectivity index (χ2n) is 2.95. The number of anilines is 1. The number of nitrogens with zero attached hydrogens (tertiary/aromatic N) is 1. The molecule has 1 aromatic rings. The first kappa shape index (κ1) is 11.4. The van der Waals surface area contributed by atoms with Crippen molar-refractivity contribution < 1.29 is 20.1 Å². The molecule has 6 heteroatoms. The van der Waals surface area contributed by atoms with E-state index in [0.717, 1.165) is 0 Å². The van der Waals surface area contributed by atoms with Gasteiger partial charge in [0.25, 0.3) is 0 Å². The number of hydrogen-bond acceptors (Lipinski definition) is 5. The van der Waals surface area contributed by atoms with Crippen molar-refractivity contribution in [2.24, 2.45) is 0 Å². The topological polar surface area (TPSA) is 103 Å². The fourth-order valence-corrected chi connectivity index (χ4v) is 0.912. The van der Waals surface area contributed by atoms with Gasteiger partial charge in [0.2, 0.25) is 0 Å². The van der Waals surface area contributed by atoms with Crippen LogP contribution in [0.1, 0.15) is 10.4 Å². The summed E-state index contributed by atoms with van der Waals surface area (Å²) in [6, 6.07) is 2.90. The highest BCUT2D eigenvalue weighted by atomic mass is 16.4. The molecule has 0 saturated carbocycles. The Morgan fingerprint density at radius 3 is 2.73 bits per heavy atom. The summed E-state index contributed by atoms with van der Waals surface area (Å²) < 4.78 is 0. The van der Waals surface area contributed by atoms with E-state index in [0.29, 0.717) is 5.82 Å². The normalized spacial score (nSPS) is 12.1. The molecule has 0 radical (unpaired) electrons. The zero-order valence-electron chi connectivity index (χ0n) is 7.92. The Morgan fingerprint density at radius 1 is 1.53 bits per heavy atom. The lowest BCUT2D eigenvalue weighted by Crippen LogP contribution is -2.23. The minimum absolute atomic E-state index is 0.100. The maximum absolute atomic E-state index is 10.5. The first-order chi connectivity index (χ1) is 7.13. The van der Waals surface area contributed by atoms with Crippen molar-refractivity contribution in [2.45, 2.75) is 6.10 Å². The molecule has 82 valence electrons. The summed E-state index contributed by atoms with van der Waals surface area (Å²) in [6.07, 6.45) is 0.363. The van der Waals surface area contributed by atoms with Crippen molar-refractivity contribution in [2.75, 3.05) is 18.5 Å². The Balaban J connectivity index is 2.53. The molecule has 4 N–H and O–H groups in total. The van der Waals surface area contributed by atoms with Gasteiger partial charge < -0.3 is 20.6 Å². The predicted molar refractivity (Wildman–Crippen MR) is 52.8 cm³/mol. The van der Waals surface area contributed by atoms with Gasteiger partial charge in [-0.25, -0.2) is 9.78 Å². The zero-order chi connectivity index (χ0) is 11.3. The van der Waals surface area contributed by atoms with Crippen LogP contribution in [0.4, 0.5) is 5.82 Å². The number of rotatable bonds is 5. The first-order valence-corrected chi connectivity index (χ1v) is 4.35. The van der Waals surface area contributed by atoms with Gasteiger partial charge in [0, 0.05) is 12.7 Å². The average Bonchev–Trinajstić information content (AvgIpc) is 2.26. The van der Waals surface area contributed by atoms with Gasteiger partial charge in [0.1, 0.15) is 5.82 Å². The smallest absolute Gasteiger partial charge is 0.337 e. The van der Waals surface area contributed by atoms with Crippen LogP contribution in [0.15, 0.2) is 18.3 Å². The van der Waals surface area contributed by atoms with Crippen molar-refractivity contribution in [3.05, 3.63) is 23.9 Å². The van der Waals surface area contributed by atoms with E-state index in [9.17, 15) is 4.79 Å². The second kappa shape index (κ2) is 5.28. The summed E-state index contributed by atoms with van der Waals surface area (Å²) in [5.41, 5.74) is 0.100. The fourth-order valence-electron chi connectivity index (χ4n) is 0.912. The summed E-state index contributed by atoms with van der Waals surface area (Å²) in [4.78, 5) is 14.3. The van der Waals surface area contributed by atoms with E-state index in [1.54, 1.807) is 0 Å². The molecule has 6 nitrogen and oxygen atoms in total. The Hall–Kier alpha value is -1.66. The van der Waals surface area contributed by atoms with Gasteiger partial charge in [-0.3, -0.25) is 0 Å². The number of nitrogens with one attached hydrogen (secondary N) is 1. The van der Waals surface area contributed by atoms with Crippen LogP contribution >= 0.6 is 0 Å². The maximum atomic E-state index is 10.5. The SMILES string of the molecule is O=C(O)c1ccc(NCC(O)CO)nc1. The van der Waals surface area contributed by atoms with Crippen LogP contribution in [0.5, 0.6) is 0 Å². The standard InChI is InChI=1S/C9H12N2O4/c12-5-7(13)4-11-8-2-1-6(3-10-8)9(14)15/h1-3,7,12-13H,4-5H2,(H,10,11)(H,14,15). The summed E-state index contributed by atoms with van der Waals surface area (Å²) >= 11 is 0. The minimum Gasteiger partial charge on any atom is -0.478 e. The Morgan fingerprint density at radius 2 is 2.27 bits per heavy atom. The van der Waals surface area contributed by atoms with Crippen LogP contribution < -0.4 is 5.32 Å². The molecule has 0 saturated heterocycles. The molecule has 15 heavy (non-hydrogen) atoms. The highest BCUT2D eigenvalue weighted by Crippen LogP contribution is 2.04. The summed E-state index contributed by atoms with van der Waals surface area (Å²) in [7, 11) is 0. The van der Waals surface area contributed by atoms with E-state index in [-0.39, 0.29) is 18.7 Å². The molecule has 0 bridgehead atoms. The van der Waals surface area contributed by atoms with Crippen LogP contribution in [-0.4, -0.2) is 45.5 Å². The minimum atomic E-state index is -1.04. The highest BCUT2D eigenvalue weighted by molar-refractivity contribution is 5.87. The molecule has 0 aromatic carbocycles. The molecular formula is C9H12N2O4. The summed E-state index contributed by atoms with van der Waals surface area (Å²) in [6.45, 7) is -0.171. The number of carboxylic acids is 1. The largest absolute Gasteiger partial charge is 0.478 e. The molecule has 0 aliphatic carbocycles. The summed E-state index contributed by atoms with van der Waals surface area (Å²) in [5, 5.41) is 28.9. The number of carbonyl (C=O) groups is 1. The molecular weight excluding hydrogens is 200 g/mol.